The number of benzene rings is 2. The van der Waals surface area contributed by atoms with Crippen LogP contribution in [0.5, 0.6) is 0 Å². The van der Waals surface area contributed by atoms with Gasteiger partial charge in [0.2, 0.25) is 0 Å². The molecule has 2 aromatic rings. The Hall–Kier alpha value is -2.64. The highest BCUT2D eigenvalue weighted by atomic mass is 16.5. The van der Waals surface area contributed by atoms with Gasteiger partial charge in [-0.05, 0) is 35.1 Å². The molecule has 2 aromatic carbocycles. The topological polar surface area (TPSA) is 95.9 Å². The van der Waals surface area contributed by atoms with Crippen LogP contribution in [-0.4, -0.2) is 29.1 Å². The van der Waals surface area contributed by atoms with E-state index in [1.807, 2.05) is 0 Å². The SMILES string of the molecule is Cc1c(C(=O)NC(C(=O)O)c2ccccc2)ccc2c1B(O)OC2. The summed E-state index contributed by atoms with van der Waals surface area (Å²) in [6.07, 6.45) is 0. The van der Waals surface area contributed by atoms with Crippen LogP contribution in [-0.2, 0) is 16.1 Å². The molecule has 122 valence electrons. The molecule has 0 aromatic heterocycles. The third-order valence-corrected chi connectivity index (χ3v) is 4.15. The molecule has 0 aliphatic carbocycles. The lowest BCUT2D eigenvalue weighted by molar-refractivity contribution is -0.139. The van der Waals surface area contributed by atoms with Crippen LogP contribution < -0.4 is 10.8 Å². The standard InChI is InChI=1S/C17H16BNO5/c1-10-13(8-7-12-9-24-18(23)14(10)12)16(20)19-15(17(21)22)11-5-3-2-4-6-11/h2-8,15,23H,9H2,1H3,(H,19,20)(H,21,22). The van der Waals surface area contributed by atoms with Gasteiger partial charge in [0.1, 0.15) is 0 Å². The fourth-order valence-electron chi connectivity index (χ4n) is 2.89. The van der Waals surface area contributed by atoms with Crippen LogP contribution in [0.2, 0.25) is 0 Å². The molecule has 1 amide bonds. The second kappa shape index (κ2) is 6.47. The average molecular weight is 325 g/mol. The molecule has 0 saturated carbocycles. The molecule has 3 rings (SSSR count). The number of amides is 1. The van der Waals surface area contributed by atoms with E-state index in [0.29, 0.717) is 28.8 Å². The first-order valence-electron chi connectivity index (χ1n) is 7.49. The van der Waals surface area contributed by atoms with Crippen molar-refractivity contribution in [3.63, 3.8) is 0 Å². The highest BCUT2D eigenvalue weighted by Crippen LogP contribution is 2.18. The summed E-state index contributed by atoms with van der Waals surface area (Å²) < 4.78 is 5.16. The number of fused-ring (bicyclic) bond motifs is 1. The smallest absolute Gasteiger partial charge is 0.479 e. The van der Waals surface area contributed by atoms with Crippen LogP contribution in [0.25, 0.3) is 0 Å². The number of carboxylic acids is 1. The van der Waals surface area contributed by atoms with Gasteiger partial charge < -0.3 is 20.1 Å². The number of carboxylic acid groups (broad SMARTS) is 1. The first-order chi connectivity index (χ1) is 11.5. The Morgan fingerprint density at radius 2 is 1.92 bits per heavy atom. The van der Waals surface area contributed by atoms with Crippen LogP contribution in [0.1, 0.15) is 33.1 Å². The summed E-state index contributed by atoms with van der Waals surface area (Å²) in [5, 5.41) is 21.8. The number of hydrogen-bond donors (Lipinski definition) is 3. The zero-order chi connectivity index (χ0) is 17.3. The van der Waals surface area contributed by atoms with Crippen LogP contribution in [0.4, 0.5) is 0 Å². The minimum Gasteiger partial charge on any atom is -0.479 e. The number of hydrogen-bond acceptors (Lipinski definition) is 4. The van der Waals surface area contributed by atoms with Crippen molar-refractivity contribution in [2.24, 2.45) is 0 Å². The molecule has 0 saturated heterocycles. The number of nitrogens with one attached hydrogen (secondary N) is 1. The maximum atomic E-state index is 12.6. The van der Waals surface area contributed by atoms with Gasteiger partial charge in [-0.2, -0.15) is 0 Å². The van der Waals surface area contributed by atoms with E-state index in [1.165, 1.54) is 0 Å². The van der Waals surface area contributed by atoms with Crippen molar-refractivity contribution in [3.05, 3.63) is 64.7 Å². The summed E-state index contributed by atoms with van der Waals surface area (Å²) in [7, 11) is -1.06. The summed E-state index contributed by atoms with van der Waals surface area (Å²) in [4.78, 5) is 24.1. The van der Waals surface area contributed by atoms with Crippen LogP contribution in [0, 0.1) is 6.92 Å². The fourth-order valence-corrected chi connectivity index (χ4v) is 2.89. The molecule has 0 bridgehead atoms. The van der Waals surface area contributed by atoms with Gasteiger partial charge in [-0.3, -0.25) is 4.79 Å². The highest BCUT2D eigenvalue weighted by Gasteiger charge is 2.32. The van der Waals surface area contributed by atoms with Gasteiger partial charge in [-0.25, -0.2) is 4.79 Å². The van der Waals surface area contributed by atoms with Crippen molar-refractivity contribution < 1.29 is 24.4 Å². The summed E-state index contributed by atoms with van der Waals surface area (Å²) >= 11 is 0. The van der Waals surface area contributed by atoms with Gasteiger partial charge in [-0.15, -0.1) is 0 Å². The zero-order valence-electron chi connectivity index (χ0n) is 13.0. The van der Waals surface area contributed by atoms with E-state index in [4.69, 9.17) is 4.65 Å². The second-order valence-corrected chi connectivity index (χ2v) is 5.63. The molecule has 0 radical (unpaired) electrons. The molecule has 0 fully saturated rings. The zero-order valence-corrected chi connectivity index (χ0v) is 13.0. The van der Waals surface area contributed by atoms with E-state index in [-0.39, 0.29) is 0 Å². The van der Waals surface area contributed by atoms with Crippen LogP contribution in [0.3, 0.4) is 0 Å². The molecular formula is C17H16BNO5. The van der Waals surface area contributed by atoms with Crippen molar-refractivity contribution in [3.8, 4) is 0 Å². The Morgan fingerprint density at radius 1 is 1.21 bits per heavy atom. The number of rotatable bonds is 4. The van der Waals surface area contributed by atoms with Gasteiger partial charge in [-0.1, -0.05) is 36.4 Å². The van der Waals surface area contributed by atoms with E-state index in [1.54, 1.807) is 49.4 Å². The lowest BCUT2D eigenvalue weighted by atomic mass is 9.75. The quantitative estimate of drug-likeness (QED) is 0.722. The normalized spacial score (nSPS) is 14.2. The van der Waals surface area contributed by atoms with Crippen LogP contribution >= 0.6 is 0 Å². The van der Waals surface area contributed by atoms with Crippen molar-refractivity contribution in [2.75, 3.05) is 0 Å². The molecule has 1 aliphatic heterocycles. The van der Waals surface area contributed by atoms with Crippen molar-refractivity contribution >= 4 is 24.5 Å². The molecule has 3 N–H and O–H groups in total. The molecule has 7 heteroatoms. The van der Waals surface area contributed by atoms with Gasteiger partial charge in [0.05, 0.1) is 6.61 Å². The van der Waals surface area contributed by atoms with E-state index in [9.17, 15) is 19.7 Å². The van der Waals surface area contributed by atoms with E-state index in [0.717, 1.165) is 5.56 Å². The van der Waals surface area contributed by atoms with E-state index >= 15 is 0 Å². The number of carbonyl (C=O) groups excluding carboxylic acids is 1. The molecule has 1 atom stereocenters. The molecule has 1 aliphatic rings. The average Bonchev–Trinajstić information content (AvgIpc) is 2.95. The second-order valence-electron chi connectivity index (χ2n) is 5.63. The third kappa shape index (κ3) is 2.91. The fraction of sp³-hybridized carbons (Fsp3) is 0.176. The Labute approximate surface area is 139 Å². The monoisotopic (exact) mass is 325 g/mol. The maximum Gasteiger partial charge on any atom is 0.492 e. The minimum absolute atomic E-state index is 0.293. The molecule has 1 unspecified atom stereocenters. The molecule has 6 nitrogen and oxygen atoms in total. The predicted molar refractivity (Wildman–Crippen MR) is 87.9 cm³/mol. The Balaban J connectivity index is 1.90. The summed E-state index contributed by atoms with van der Waals surface area (Å²) in [5.41, 5.74) is 2.80. The molecule has 1 heterocycles. The van der Waals surface area contributed by atoms with Gasteiger partial charge in [0.15, 0.2) is 6.04 Å². The van der Waals surface area contributed by atoms with Crippen LogP contribution in [0.15, 0.2) is 42.5 Å². The van der Waals surface area contributed by atoms with Gasteiger partial charge >= 0.3 is 13.1 Å². The van der Waals surface area contributed by atoms with Gasteiger partial charge in [0.25, 0.3) is 5.91 Å². The number of aliphatic carboxylic acids is 1. The lowest BCUT2D eigenvalue weighted by Gasteiger charge is -2.17. The van der Waals surface area contributed by atoms with Gasteiger partial charge in [0, 0.05) is 5.56 Å². The Morgan fingerprint density at radius 3 is 2.58 bits per heavy atom. The Kier molecular flexibility index (Phi) is 4.37. The first kappa shape index (κ1) is 16.2. The Bertz CT molecular complexity index is 793. The van der Waals surface area contributed by atoms with Crippen molar-refractivity contribution in [1.82, 2.24) is 5.32 Å². The lowest BCUT2D eigenvalue weighted by Crippen LogP contribution is -2.37. The first-order valence-corrected chi connectivity index (χ1v) is 7.49. The molecule has 0 spiro atoms. The molecular weight excluding hydrogens is 309 g/mol. The van der Waals surface area contributed by atoms with Crippen molar-refractivity contribution in [2.45, 2.75) is 19.6 Å². The third-order valence-electron chi connectivity index (χ3n) is 4.15. The highest BCUT2D eigenvalue weighted by molar-refractivity contribution is 6.62. The summed E-state index contributed by atoms with van der Waals surface area (Å²) in [6, 6.07) is 10.7. The summed E-state index contributed by atoms with van der Waals surface area (Å²) in [6.45, 7) is 2.00. The maximum absolute atomic E-state index is 12.6. The van der Waals surface area contributed by atoms with E-state index < -0.39 is 25.0 Å². The predicted octanol–water partition coefficient (Wildman–Crippen LogP) is 0.768. The molecule has 24 heavy (non-hydrogen) atoms. The largest absolute Gasteiger partial charge is 0.492 e. The number of carbonyl (C=O) groups is 2. The van der Waals surface area contributed by atoms with Crippen molar-refractivity contribution in [1.29, 1.82) is 0 Å². The summed E-state index contributed by atoms with van der Waals surface area (Å²) in [5.74, 6) is -1.65. The van der Waals surface area contributed by atoms with E-state index in [2.05, 4.69) is 5.32 Å². The minimum atomic E-state index is -1.15.